The molecule has 0 saturated carbocycles. The van der Waals surface area contributed by atoms with Crippen LogP contribution in [0.4, 0.5) is 0 Å². The van der Waals surface area contributed by atoms with Crippen LogP contribution >= 0.6 is 0 Å². The Balaban J connectivity index is 2.72. The Morgan fingerprint density at radius 1 is 1.43 bits per heavy atom. The molecule has 21 heavy (non-hydrogen) atoms. The average molecular weight is 312 g/mol. The highest BCUT2D eigenvalue weighted by Gasteiger charge is 2.21. The third kappa shape index (κ3) is 3.17. The van der Waals surface area contributed by atoms with Crippen LogP contribution in [0.1, 0.15) is 13.3 Å². The van der Waals surface area contributed by atoms with Crippen molar-refractivity contribution < 1.29 is 23.1 Å². The smallest absolute Gasteiger partial charge is 0.323 e. The molecule has 3 N–H and O–H groups in total. The number of fused-ring (bicyclic) bond motifs is 1. The van der Waals surface area contributed by atoms with Crippen molar-refractivity contribution in [2.75, 3.05) is 6.61 Å². The zero-order valence-electron chi connectivity index (χ0n) is 11.4. The first-order valence-electron chi connectivity index (χ1n) is 6.34. The summed E-state index contributed by atoms with van der Waals surface area (Å²) < 4.78 is 30.3. The molecule has 1 aromatic carbocycles. The van der Waals surface area contributed by atoms with E-state index in [0.717, 1.165) is 6.42 Å². The number of carboxylic acids is 1. The number of nitrogens with two attached hydrogens (primary N) is 1. The number of aromatic nitrogens is 1. The number of benzene rings is 1. The van der Waals surface area contributed by atoms with E-state index in [9.17, 15) is 13.2 Å². The van der Waals surface area contributed by atoms with Crippen LogP contribution in [0.15, 0.2) is 29.3 Å². The molecule has 0 radical (unpaired) electrons. The van der Waals surface area contributed by atoms with E-state index in [1.807, 2.05) is 6.92 Å². The molecule has 0 aliphatic carbocycles. The highest BCUT2D eigenvalue weighted by atomic mass is 32.2. The molecule has 7 nitrogen and oxygen atoms in total. The van der Waals surface area contributed by atoms with Gasteiger partial charge in [-0.15, -0.1) is 0 Å². The molecule has 0 unspecified atom stereocenters. The number of hydrogen-bond acceptors (Lipinski definition) is 4. The summed E-state index contributed by atoms with van der Waals surface area (Å²) in [4.78, 5) is 10.8. The summed E-state index contributed by atoms with van der Waals surface area (Å²) in [5, 5.41) is 14.5. The Bertz CT molecular complexity index is 779. The van der Waals surface area contributed by atoms with E-state index in [2.05, 4.69) is 0 Å². The monoisotopic (exact) mass is 312 g/mol. The maximum Gasteiger partial charge on any atom is 0.323 e. The van der Waals surface area contributed by atoms with Gasteiger partial charge in [0.15, 0.2) is 0 Å². The fraction of sp³-hybridized carbons (Fsp3) is 0.308. The van der Waals surface area contributed by atoms with Crippen molar-refractivity contribution in [2.24, 2.45) is 5.14 Å². The Labute approximate surface area is 122 Å². The number of primary sulfonamides is 1. The maximum absolute atomic E-state index is 11.7. The number of nitrogens with zero attached hydrogens (tertiary/aromatic N) is 1. The molecule has 2 aromatic rings. The topological polar surface area (TPSA) is 112 Å². The zero-order valence-corrected chi connectivity index (χ0v) is 12.3. The van der Waals surface area contributed by atoms with E-state index < -0.39 is 16.0 Å². The Morgan fingerprint density at radius 3 is 2.71 bits per heavy atom. The lowest BCUT2D eigenvalue weighted by Gasteiger charge is -2.08. The highest BCUT2D eigenvalue weighted by Crippen LogP contribution is 2.33. The molecule has 8 heteroatoms. The molecule has 2 rings (SSSR count). The summed E-state index contributed by atoms with van der Waals surface area (Å²) in [7, 11) is -3.99. The van der Waals surface area contributed by atoms with Crippen molar-refractivity contribution in [1.29, 1.82) is 0 Å². The largest absolute Gasteiger partial charge is 0.493 e. The standard InChI is InChI=1S/C13H16N2O5S/c1-2-6-20-10-5-3-4-9-13(10)11(21(14,18)19)7-15(9)8-12(16)17/h3-5,7H,2,6,8H2,1H3,(H,16,17)(H2,14,18,19). The van der Waals surface area contributed by atoms with Gasteiger partial charge in [0, 0.05) is 6.20 Å². The third-order valence-electron chi connectivity index (χ3n) is 2.91. The van der Waals surface area contributed by atoms with Crippen molar-refractivity contribution in [1.82, 2.24) is 4.57 Å². The van der Waals surface area contributed by atoms with Crippen LogP contribution in [0.25, 0.3) is 10.9 Å². The Hall–Kier alpha value is -2.06. The minimum absolute atomic E-state index is 0.134. The number of ether oxygens (including phenoxy) is 1. The number of carbonyl (C=O) groups is 1. The molecule has 0 atom stereocenters. The van der Waals surface area contributed by atoms with Gasteiger partial charge >= 0.3 is 5.97 Å². The highest BCUT2D eigenvalue weighted by molar-refractivity contribution is 7.89. The van der Waals surface area contributed by atoms with E-state index in [1.54, 1.807) is 18.2 Å². The van der Waals surface area contributed by atoms with Crippen LogP contribution in [0.5, 0.6) is 5.75 Å². The lowest BCUT2D eigenvalue weighted by atomic mass is 10.2. The number of hydrogen-bond donors (Lipinski definition) is 2. The van der Waals surface area contributed by atoms with Crippen molar-refractivity contribution in [3.05, 3.63) is 24.4 Å². The quantitative estimate of drug-likeness (QED) is 0.831. The second kappa shape index (κ2) is 5.74. The van der Waals surface area contributed by atoms with Crippen LogP contribution in [0, 0.1) is 0 Å². The number of rotatable bonds is 6. The SMILES string of the molecule is CCCOc1cccc2c1c(S(N)(=O)=O)cn2CC(=O)O. The van der Waals surface area contributed by atoms with Gasteiger partial charge < -0.3 is 14.4 Å². The molecule has 1 aromatic heterocycles. The summed E-state index contributed by atoms with van der Waals surface area (Å²) in [6.07, 6.45) is 1.99. The first kappa shape index (κ1) is 15.3. The predicted octanol–water partition coefficient (Wildman–Crippen LogP) is 1.16. The van der Waals surface area contributed by atoms with Crippen LogP contribution in [-0.2, 0) is 21.4 Å². The third-order valence-corrected chi connectivity index (χ3v) is 3.83. The lowest BCUT2D eigenvalue weighted by Crippen LogP contribution is -2.12. The first-order chi connectivity index (χ1) is 9.84. The van der Waals surface area contributed by atoms with Crippen LogP contribution in [0.2, 0.25) is 0 Å². The number of sulfonamides is 1. The van der Waals surface area contributed by atoms with Gasteiger partial charge in [0.2, 0.25) is 10.0 Å². The minimum Gasteiger partial charge on any atom is -0.493 e. The molecule has 114 valence electrons. The fourth-order valence-corrected chi connectivity index (χ4v) is 2.87. The van der Waals surface area contributed by atoms with Crippen molar-refractivity contribution >= 4 is 26.9 Å². The summed E-state index contributed by atoms with van der Waals surface area (Å²) >= 11 is 0. The van der Waals surface area contributed by atoms with E-state index in [0.29, 0.717) is 23.3 Å². The molecule has 0 amide bonds. The molecule has 0 spiro atoms. The molecule has 0 bridgehead atoms. The predicted molar refractivity (Wildman–Crippen MR) is 76.7 cm³/mol. The summed E-state index contributed by atoms with van der Waals surface area (Å²) in [6.45, 7) is 1.99. The van der Waals surface area contributed by atoms with Crippen molar-refractivity contribution in [2.45, 2.75) is 24.8 Å². The lowest BCUT2D eigenvalue weighted by molar-refractivity contribution is -0.137. The van der Waals surface area contributed by atoms with E-state index in [4.69, 9.17) is 15.0 Å². The molecule has 0 saturated heterocycles. The molecule has 0 aliphatic heterocycles. The Kier molecular flexibility index (Phi) is 4.19. The fourth-order valence-electron chi connectivity index (χ4n) is 2.11. The molecule has 1 heterocycles. The van der Waals surface area contributed by atoms with Gasteiger partial charge in [-0.25, -0.2) is 13.6 Å². The molecular formula is C13H16N2O5S. The Morgan fingerprint density at radius 2 is 2.14 bits per heavy atom. The van der Waals surface area contributed by atoms with E-state index >= 15 is 0 Å². The molecule has 0 aliphatic rings. The van der Waals surface area contributed by atoms with Gasteiger partial charge in [0.05, 0.1) is 17.5 Å². The van der Waals surface area contributed by atoms with Gasteiger partial charge in [-0.2, -0.15) is 0 Å². The van der Waals surface area contributed by atoms with Crippen molar-refractivity contribution in [3.8, 4) is 5.75 Å². The summed E-state index contributed by atoms with van der Waals surface area (Å²) in [6, 6.07) is 4.95. The second-order valence-electron chi connectivity index (χ2n) is 4.56. The first-order valence-corrected chi connectivity index (χ1v) is 7.88. The molecule has 0 fully saturated rings. The van der Waals surface area contributed by atoms with Gasteiger partial charge in [-0.05, 0) is 18.6 Å². The normalized spacial score (nSPS) is 11.7. The van der Waals surface area contributed by atoms with Crippen LogP contribution in [0.3, 0.4) is 0 Å². The average Bonchev–Trinajstić information content (AvgIpc) is 2.75. The molecular weight excluding hydrogens is 296 g/mol. The van der Waals surface area contributed by atoms with Crippen LogP contribution in [-0.4, -0.2) is 30.7 Å². The van der Waals surface area contributed by atoms with Gasteiger partial charge in [0.25, 0.3) is 0 Å². The van der Waals surface area contributed by atoms with Gasteiger partial charge in [-0.3, -0.25) is 4.79 Å². The number of carboxylic acid groups (broad SMARTS) is 1. The van der Waals surface area contributed by atoms with Crippen molar-refractivity contribution in [3.63, 3.8) is 0 Å². The van der Waals surface area contributed by atoms with Gasteiger partial charge in [0.1, 0.15) is 17.2 Å². The summed E-state index contributed by atoms with van der Waals surface area (Å²) in [5.74, 6) is -0.699. The number of aliphatic carboxylic acids is 1. The maximum atomic E-state index is 11.7. The minimum atomic E-state index is -3.99. The second-order valence-corrected chi connectivity index (χ2v) is 6.09. The van der Waals surface area contributed by atoms with E-state index in [-0.39, 0.29) is 11.4 Å². The van der Waals surface area contributed by atoms with Gasteiger partial charge in [-0.1, -0.05) is 13.0 Å². The summed E-state index contributed by atoms with van der Waals surface area (Å²) in [5.41, 5.74) is 0.454. The van der Waals surface area contributed by atoms with E-state index in [1.165, 1.54) is 10.8 Å². The zero-order chi connectivity index (χ0) is 15.6. The van der Waals surface area contributed by atoms with Crippen LogP contribution < -0.4 is 9.88 Å².